The number of hydrogen-bond donors (Lipinski definition) is 1. The molecule has 1 unspecified atom stereocenters. The lowest BCUT2D eigenvalue weighted by Gasteiger charge is -2.30. The van der Waals surface area contributed by atoms with Gasteiger partial charge in [0.1, 0.15) is 12.4 Å². The summed E-state index contributed by atoms with van der Waals surface area (Å²) in [4.78, 5) is 24.8. The molecule has 1 atom stereocenters. The van der Waals surface area contributed by atoms with Crippen LogP contribution in [0.3, 0.4) is 0 Å². The van der Waals surface area contributed by atoms with Crippen LogP contribution < -0.4 is 4.74 Å². The van der Waals surface area contributed by atoms with Crippen molar-refractivity contribution in [1.82, 2.24) is 4.90 Å². The fraction of sp³-hybridized carbons (Fsp3) is 0.467. The molecule has 0 saturated carbocycles. The molecule has 1 aromatic rings. The summed E-state index contributed by atoms with van der Waals surface area (Å²) in [5.74, 6) is -0.614. The Bertz CT molecular complexity index is 515. The molecule has 1 N–H and O–H groups in total. The van der Waals surface area contributed by atoms with Crippen LogP contribution in [0.4, 0.5) is 0 Å². The number of aliphatic carboxylic acids is 1. The highest BCUT2D eigenvalue weighted by Crippen LogP contribution is 2.15. The smallest absolute Gasteiger partial charge is 0.334 e. The van der Waals surface area contributed by atoms with Crippen LogP contribution in [0.15, 0.2) is 24.3 Å². The first-order valence-corrected chi connectivity index (χ1v) is 6.97. The van der Waals surface area contributed by atoms with Crippen molar-refractivity contribution in [3.05, 3.63) is 29.8 Å². The van der Waals surface area contributed by atoms with Crippen molar-refractivity contribution in [3.63, 3.8) is 0 Å². The third-order valence-electron chi connectivity index (χ3n) is 3.29. The van der Waals surface area contributed by atoms with Gasteiger partial charge in [0, 0.05) is 19.2 Å². The maximum Gasteiger partial charge on any atom is 0.334 e. The van der Waals surface area contributed by atoms with Crippen molar-refractivity contribution in [2.24, 2.45) is 0 Å². The zero-order chi connectivity index (χ0) is 15.9. The van der Waals surface area contributed by atoms with E-state index in [9.17, 15) is 9.59 Å². The molecule has 1 aromatic carbocycles. The van der Waals surface area contributed by atoms with Crippen LogP contribution in [0.1, 0.15) is 10.4 Å². The normalized spacial score (nSPS) is 18.0. The highest BCUT2D eigenvalue weighted by molar-refractivity contribution is 5.94. The molecule has 0 spiro atoms. The van der Waals surface area contributed by atoms with Crippen molar-refractivity contribution in [1.29, 1.82) is 0 Å². The van der Waals surface area contributed by atoms with E-state index in [0.29, 0.717) is 31.1 Å². The van der Waals surface area contributed by atoms with E-state index in [2.05, 4.69) is 0 Å². The monoisotopic (exact) mass is 309 g/mol. The predicted molar refractivity (Wildman–Crippen MR) is 77.1 cm³/mol. The van der Waals surface area contributed by atoms with Gasteiger partial charge in [-0.25, -0.2) is 4.79 Å². The lowest BCUT2D eigenvalue weighted by molar-refractivity contribution is -0.154. The molecule has 0 aliphatic carbocycles. The maximum atomic E-state index is 12.4. The molecular formula is C15H19NO6. The minimum atomic E-state index is -1.06. The molecule has 1 aliphatic heterocycles. The lowest BCUT2D eigenvalue weighted by Crippen LogP contribution is -2.48. The summed E-state index contributed by atoms with van der Waals surface area (Å²) >= 11 is 0. The number of morpholine rings is 1. The molecule has 1 aliphatic rings. The third kappa shape index (κ3) is 4.19. The number of carbonyl (C=O) groups excluding carboxylic acids is 1. The quantitative estimate of drug-likeness (QED) is 0.776. The fourth-order valence-corrected chi connectivity index (χ4v) is 2.10. The molecule has 7 nitrogen and oxygen atoms in total. The van der Waals surface area contributed by atoms with Gasteiger partial charge in [-0.15, -0.1) is 0 Å². The number of carboxylic acid groups (broad SMARTS) is 1. The zero-order valence-corrected chi connectivity index (χ0v) is 12.4. The standard InChI is InChI=1S/C15H19NO6/c1-20-8-9-21-12-4-2-11(3-5-12)14(17)16-6-7-22-13(10-16)15(18)19/h2-5,13H,6-10H2,1H3,(H,18,19). The second-order valence-electron chi connectivity index (χ2n) is 4.81. The first kappa shape index (κ1) is 16.3. The minimum Gasteiger partial charge on any atom is -0.491 e. The Morgan fingerprint density at radius 1 is 1.32 bits per heavy atom. The van der Waals surface area contributed by atoms with Crippen LogP contribution in [0.2, 0.25) is 0 Å². The minimum absolute atomic E-state index is 0.0558. The van der Waals surface area contributed by atoms with Gasteiger partial charge in [-0.2, -0.15) is 0 Å². The second-order valence-corrected chi connectivity index (χ2v) is 4.81. The van der Waals surface area contributed by atoms with Crippen molar-refractivity contribution in [2.45, 2.75) is 6.10 Å². The molecule has 1 heterocycles. The number of methoxy groups -OCH3 is 1. The average molecular weight is 309 g/mol. The number of nitrogens with zero attached hydrogens (tertiary/aromatic N) is 1. The van der Waals surface area contributed by atoms with Crippen molar-refractivity contribution in [3.8, 4) is 5.75 Å². The second kappa shape index (κ2) is 7.77. The van der Waals surface area contributed by atoms with Gasteiger partial charge in [-0.05, 0) is 24.3 Å². The predicted octanol–water partition coefficient (Wildman–Crippen LogP) is 0.637. The highest BCUT2D eigenvalue weighted by Gasteiger charge is 2.29. The number of amides is 1. The van der Waals surface area contributed by atoms with E-state index in [1.165, 1.54) is 4.90 Å². The number of rotatable bonds is 6. The van der Waals surface area contributed by atoms with Gasteiger partial charge in [-0.3, -0.25) is 4.79 Å². The molecule has 0 bridgehead atoms. The summed E-state index contributed by atoms with van der Waals surface area (Å²) in [6, 6.07) is 6.74. The lowest BCUT2D eigenvalue weighted by atomic mass is 10.1. The summed E-state index contributed by atoms with van der Waals surface area (Å²) in [5, 5.41) is 8.96. The summed E-state index contributed by atoms with van der Waals surface area (Å²) in [7, 11) is 1.60. The Kier molecular flexibility index (Phi) is 5.74. The topological polar surface area (TPSA) is 85.3 Å². The van der Waals surface area contributed by atoms with Gasteiger partial charge in [0.2, 0.25) is 0 Å². The molecule has 1 fully saturated rings. The van der Waals surface area contributed by atoms with E-state index in [4.69, 9.17) is 19.3 Å². The van der Waals surface area contributed by atoms with E-state index < -0.39 is 12.1 Å². The largest absolute Gasteiger partial charge is 0.491 e. The summed E-state index contributed by atoms with van der Waals surface area (Å²) < 4.78 is 15.4. The first-order valence-electron chi connectivity index (χ1n) is 6.97. The van der Waals surface area contributed by atoms with Crippen molar-refractivity contribution in [2.75, 3.05) is 40.0 Å². The number of carboxylic acids is 1. The first-order chi connectivity index (χ1) is 10.6. The van der Waals surface area contributed by atoms with Gasteiger partial charge in [0.15, 0.2) is 6.10 Å². The Labute approximate surface area is 128 Å². The number of ether oxygens (including phenoxy) is 3. The van der Waals surface area contributed by atoms with Crippen LogP contribution in [-0.2, 0) is 14.3 Å². The van der Waals surface area contributed by atoms with Gasteiger partial charge >= 0.3 is 5.97 Å². The molecule has 7 heteroatoms. The molecule has 0 radical (unpaired) electrons. The Balaban J connectivity index is 1.95. The molecular weight excluding hydrogens is 290 g/mol. The van der Waals surface area contributed by atoms with Crippen LogP contribution >= 0.6 is 0 Å². The third-order valence-corrected chi connectivity index (χ3v) is 3.29. The number of carbonyl (C=O) groups is 2. The molecule has 2 rings (SSSR count). The number of benzene rings is 1. The fourth-order valence-electron chi connectivity index (χ4n) is 2.10. The van der Waals surface area contributed by atoms with Gasteiger partial charge in [0.25, 0.3) is 5.91 Å². The summed E-state index contributed by atoms with van der Waals surface area (Å²) in [6.07, 6.45) is -0.964. The SMILES string of the molecule is COCCOc1ccc(C(=O)N2CCOC(C(=O)O)C2)cc1. The van der Waals surface area contributed by atoms with Gasteiger partial charge in [0.05, 0.1) is 19.8 Å². The van der Waals surface area contributed by atoms with Crippen LogP contribution in [0, 0.1) is 0 Å². The van der Waals surface area contributed by atoms with Crippen LogP contribution in [0.5, 0.6) is 5.75 Å². The Hall–Kier alpha value is -2.12. The van der Waals surface area contributed by atoms with Crippen molar-refractivity contribution < 1.29 is 28.9 Å². The van der Waals surface area contributed by atoms with E-state index in [0.717, 1.165) is 0 Å². The van der Waals surface area contributed by atoms with E-state index in [-0.39, 0.29) is 19.1 Å². The molecule has 1 amide bonds. The average Bonchev–Trinajstić information content (AvgIpc) is 2.55. The molecule has 22 heavy (non-hydrogen) atoms. The number of hydrogen-bond acceptors (Lipinski definition) is 5. The summed E-state index contributed by atoms with van der Waals surface area (Å²) in [6.45, 7) is 1.59. The van der Waals surface area contributed by atoms with Crippen LogP contribution in [0.25, 0.3) is 0 Å². The highest BCUT2D eigenvalue weighted by atomic mass is 16.5. The van der Waals surface area contributed by atoms with Crippen LogP contribution in [-0.4, -0.2) is 68.0 Å². The van der Waals surface area contributed by atoms with E-state index >= 15 is 0 Å². The van der Waals surface area contributed by atoms with Crippen molar-refractivity contribution >= 4 is 11.9 Å². The van der Waals surface area contributed by atoms with E-state index in [1.807, 2.05) is 0 Å². The Morgan fingerprint density at radius 3 is 2.68 bits per heavy atom. The molecule has 0 aromatic heterocycles. The molecule has 120 valence electrons. The van der Waals surface area contributed by atoms with Gasteiger partial charge in [-0.1, -0.05) is 0 Å². The summed E-state index contributed by atoms with van der Waals surface area (Å²) in [5.41, 5.74) is 0.491. The maximum absolute atomic E-state index is 12.4. The Morgan fingerprint density at radius 2 is 2.05 bits per heavy atom. The zero-order valence-electron chi connectivity index (χ0n) is 12.4. The molecule has 1 saturated heterocycles. The van der Waals surface area contributed by atoms with E-state index in [1.54, 1.807) is 31.4 Å². The van der Waals surface area contributed by atoms with Gasteiger partial charge < -0.3 is 24.2 Å².